The Morgan fingerprint density at radius 3 is 2.42 bits per heavy atom. The zero-order chi connectivity index (χ0) is 18.7. The second-order valence-electron chi connectivity index (χ2n) is 5.89. The van der Waals surface area contributed by atoms with Gasteiger partial charge in [-0.2, -0.15) is 13.2 Å². The highest BCUT2D eigenvalue weighted by Crippen LogP contribution is 2.33. The van der Waals surface area contributed by atoms with Gasteiger partial charge in [0.15, 0.2) is 0 Å². The number of ether oxygens (including phenoxy) is 1. The molecule has 0 radical (unpaired) electrons. The molecule has 0 saturated carbocycles. The Labute approximate surface area is 149 Å². The van der Waals surface area contributed by atoms with E-state index < -0.39 is 11.7 Å². The van der Waals surface area contributed by atoms with E-state index >= 15 is 0 Å². The Kier molecular flexibility index (Phi) is 4.88. The number of aryl methyl sites for hydroxylation is 1. The van der Waals surface area contributed by atoms with Gasteiger partial charge in [-0.05, 0) is 42.8 Å². The number of rotatable bonds is 5. The van der Waals surface area contributed by atoms with Crippen LogP contribution in [-0.4, -0.2) is 16.7 Å². The summed E-state index contributed by atoms with van der Waals surface area (Å²) in [6.45, 7) is 2.18. The number of methoxy groups -OCH3 is 1. The van der Waals surface area contributed by atoms with Crippen molar-refractivity contribution in [3.63, 3.8) is 0 Å². The van der Waals surface area contributed by atoms with E-state index in [-0.39, 0.29) is 0 Å². The molecule has 0 unspecified atom stereocenters. The normalized spacial score (nSPS) is 11.4. The van der Waals surface area contributed by atoms with E-state index in [1.54, 1.807) is 30.9 Å². The zero-order valence-corrected chi connectivity index (χ0v) is 14.3. The van der Waals surface area contributed by atoms with Gasteiger partial charge in [0, 0.05) is 24.1 Å². The van der Waals surface area contributed by atoms with E-state index in [4.69, 9.17) is 4.74 Å². The van der Waals surface area contributed by atoms with Crippen molar-refractivity contribution in [3.8, 4) is 11.4 Å². The van der Waals surface area contributed by atoms with Crippen LogP contribution < -0.4 is 10.1 Å². The molecular formula is C19H18F3N3O. The van der Waals surface area contributed by atoms with Crippen LogP contribution in [0.4, 0.5) is 18.9 Å². The maximum absolute atomic E-state index is 13.2. The topological polar surface area (TPSA) is 39.1 Å². The molecular weight excluding hydrogens is 343 g/mol. The van der Waals surface area contributed by atoms with Crippen LogP contribution in [0.5, 0.6) is 5.75 Å². The zero-order valence-electron chi connectivity index (χ0n) is 14.3. The summed E-state index contributed by atoms with van der Waals surface area (Å²) in [5.74, 6) is 0.727. The summed E-state index contributed by atoms with van der Waals surface area (Å²) in [7, 11) is 1.58. The van der Waals surface area contributed by atoms with Crippen molar-refractivity contribution in [2.24, 2.45) is 0 Å². The molecule has 3 aromatic rings. The first kappa shape index (κ1) is 17.8. The molecule has 1 N–H and O–H groups in total. The van der Waals surface area contributed by atoms with E-state index in [0.717, 1.165) is 29.1 Å². The van der Waals surface area contributed by atoms with E-state index in [9.17, 15) is 13.2 Å². The Morgan fingerprint density at radius 2 is 1.85 bits per heavy atom. The summed E-state index contributed by atoms with van der Waals surface area (Å²) in [5, 5.41) is 3.05. The van der Waals surface area contributed by atoms with Gasteiger partial charge < -0.3 is 14.6 Å². The molecule has 4 nitrogen and oxygen atoms in total. The smallest absolute Gasteiger partial charge is 0.416 e. The van der Waals surface area contributed by atoms with Crippen molar-refractivity contribution in [1.29, 1.82) is 0 Å². The van der Waals surface area contributed by atoms with Gasteiger partial charge in [-0.25, -0.2) is 4.98 Å². The lowest BCUT2D eigenvalue weighted by atomic mass is 10.1. The van der Waals surface area contributed by atoms with Crippen LogP contribution >= 0.6 is 0 Å². The van der Waals surface area contributed by atoms with Crippen LogP contribution in [0.1, 0.15) is 16.8 Å². The first-order chi connectivity index (χ1) is 12.3. The number of imidazole rings is 1. The molecule has 7 heteroatoms. The summed E-state index contributed by atoms with van der Waals surface area (Å²) in [6, 6.07) is 11.2. The Balaban J connectivity index is 1.87. The van der Waals surface area contributed by atoms with Crippen molar-refractivity contribution < 1.29 is 17.9 Å². The highest BCUT2D eigenvalue weighted by atomic mass is 19.4. The van der Waals surface area contributed by atoms with E-state index in [1.165, 1.54) is 6.33 Å². The third-order valence-corrected chi connectivity index (χ3v) is 3.91. The van der Waals surface area contributed by atoms with Crippen LogP contribution in [0.25, 0.3) is 5.69 Å². The van der Waals surface area contributed by atoms with Crippen LogP contribution in [0.15, 0.2) is 55.0 Å². The predicted molar refractivity (Wildman–Crippen MR) is 93.6 cm³/mol. The molecule has 0 atom stereocenters. The number of benzene rings is 2. The van der Waals surface area contributed by atoms with Gasteiger partial charge in [0.25, 0.3) is 0 Å². The first-order valence-corrected chi connectivity index (χ1v) is 7.95. The monoisotopic (exact) mass is 361 g/mol. The number of alkyl halides is 3. The molecule has 1 heterocycles. The minimum Gasteiger partial charge on any atom is -0.497 e. The molecule has 0 aliphatic heterocycles. The van der Waals surface area contributed by atoms with Gasteiger partial charge >= 0.3 is 6.18 Å². The lowest BCUT2D eigenvalue weighted by Crippen LogP contribution is -2.08. The van der Waals surface area contributed by atoms with Crippen molar-refractivity contribution >= 4 is 5.69 Å². The van der Waals surface area contributed by atoms with Crippen molar-refractivity contribution in [2.45, 2.75) is 19.6 Å². The molecule has 2 aromatic carbocycles. The lowest BCUT2D eigenvalue weighted by molar-refractivity contribution is -0.137. The maximum atomic E-state index is 13.2. The molecule has 0 fully saturated rings. The fourth-order valence-corrected chi connectivity index (χ4v) is 2.54. The van der Waals surface area contributed by atoms with Crippen LogP contribution in [0, 0.1) is 6.92 Å². The summed E-state index contributed by atoms with van der Waals surface area (Å²) in [6.07, 6.45) is -1.25. The number of nitrogens with one attached hydrogen (secondary N) is 1. The summed E-state index contributed by atoms with van der Waals surface area (Å²) in [4.78, 5) is 4.07. The largest absolute Gasteiger partial charge is 0.497 e. The van der Waals surface area contributed by atoms with Crippen molar-refractivity contribution in [3.05, 3.63) is 71.8 Å². The standard InChI is InChI=1S/C19H18F3N3O/c1-13-11-25(12-24-13)17-8-15(19(20,21)22)7-16(9-17)23-10-14-3-5-18(26-2)6-4-14/h3-9,11-12,23H,10H2,1-2H3. The Morgan fingerprint density at radius 1 is 1.12 bits per heavy atom. The fraction of sp³-hybridized carbons (Fsp3) is 0.211. The summed E-state index contributed by atoms with van der Waals surface area (Å²) < 4.78 is 46.4. The second kappa shape index (κ2) is 7.11. The number of halogens is 3. The van der Waals surface area contributed by atoms with E-state index in [1.807, 2.05) is 24.3 Å². The van der Waals surface area contributed by atoms with Crippen molar-refractivity contribution in [2.75, 3.05) is 12.4 Å². The molecule has 1 aromatic heterocycles. The highest BCUT2D eigenvalue weighted by molar-refractivity contribution is 5.55. The highest BCUT2D eigenvalue weighted by Gasteiger charge is 2.31. The Bertz CT molecular complexity index is 886. The van der Waals surface area contributed by atoms with Crippen LogP contribution in [0.2, 0.25) is 0 Å². The minimum absolute atomic E-state index is 0.386. The summed E-state index contributed by atoms with van der Waals surface area (Å²) >= 11 is 0. The third kappa shape index (κ3) is 4.17. The number of aromatic nitrogens is 2. The SMILES string of the molecule is COc1ccc(CNc2cc(-n3cnc(C)c3)cc(C(F)(F)F)c2)cc1. The van der Waals surface area contributed by atoms with Crippen LogP contribution in [-0.2, 0) is 12.7 Å². The van der Waals surface area contributed by atoms with Gasteiger partial charge in [0.05, 0.1) is 24.7 Å². The number of hydrogen-bond acceptors (Lipinski definition) is 3. The number of nitrogens with zero attached hydrogens (tertiary/aromatic N) is 2. The number of hydrogen-bond donors (Lipinski definition) is 1. The average molecular weight is 361 g/mol. The van der Waals surface area contributed by atoms with Gasteiger partial charge in [-0.1, -0.05) is 12.1 Å². The molecule has 0 aliphatic carbocycles. The molecule has 0 spiro atoms. The first-order valence-electron chi connectivity index (χ1n) is 7.95. The third-order valence-electron chi connectivity index (χ3n) is 3.91. The van der Waals surface area contributed by atoms with Crippen molar-refractivity contribution in [1.82, 2.24) is 9.55 Å². The lowest BCUT2D eigenvalue weighted by Gasteiger charge is -2.14. The molecule has 0 amide bonds. The van der Waals surface area contributed by atoms with Gasteiger partial charge in [-0.15, -0.1) is 0 Å². The van der Waals surface area contributed by atoms with E-state index in [2.05, 4.69) is 10.3 Å². The molecule has 3 rings (SSSR count). The molecule has 0 saturated heterocycles. The summed E-state index contributed by atoms with van der Waals surface area (Å²) in [5.41, 5.74) is 1.74. The van der Waals surface area contributed by atoms with E-state index in [0.29, 0.717) is 17.9 Å². The molecule has 136 valence electrons. The quantitative estimate of drug-likeness (QED) is 0.708. The molecule has 26 heavy (non-hydrogen) atoms. The second-order valence-corrected chi connectivity index (χ2v) is 5.89. The molecule has 0 aliphatic rings. The Hall–Kier alpha value is -2.96. The van der Waals surface area contributed by atoms with Gasteiger partial charge in [0.1, 0.15) is 5.75 Å². The molecule has 0 bridgehead atoms. The fourth-order valence-electron chi connectivity index (χ4n) is 2.54. The number of anilines is 1. The predicted octanol–water partition coefficient (Wildman–Crippen LogP) is 4.82. The average Bonchev–Trinajstić information content (AvgIpc) is 3.06. The van der Waals surface area contributed by atoms with Gasteiger partial charge in [0.2, 0.25) is 0 Å². The van der Waals surface area contributed by atoms with Gasteiger partial charge in [-0.3, -0.25) is 0 Å². The maximum Gasteiger partial charge on any atom is 0.416 e. The van der Waals surface area contributed by atoms with Crippen LogP contribution in [0.3, 0.4) is 0 Å². The minimum atomic E-state index is -4.43.